The molecule has 2 aliphatic rings. The number of nitrogens with zero attached hydrogens (tertiary/aromatic N) is 5. The SMILES string of the molecule is CC(C)(C)c1ccc(N(C(=O)[C@H]2C[C@@](C)(O)CN2C#N)C(C(=O)NC2CCC(F)(F)CC2)c2cncc(F)c2)nc1. The standard InChI is InChI=1S/C29H35F3N6O3/c1-27(2,3)19-5-6-23(35-14-19)38(26(40)22-12-28(4,41)16-37(22)17-33)24(18-11-20(30)15-34-13-18)25(39)36-21-7-9-29(31,32)10-8-21/h5-6,11,13-15,21-22,24,41H,7-10,12,16H2,1-4H3,(H,36,39)/t22-,24?,28-/m1/s1. The molecule has 2 fully saturated rings. The Labute approximate surface area is 237 Å². The Bertz CT molecular complexity index is 1310. The van der Waals surface area contributed by atoms with Crippen molar-refractivity contribution in [3.05, 3.63) is 53.7 Å². The summed E-state index contributed by atoms with van der Waals surface area (Å²) >= 11 is 0. The molecule has 2 amide bonds. The Morgan fingerprint density at radius 2 is 1.90 bits per heavy atom. The number of carbonyl (C=O) groups is 2. The summed E-state index contributed by atoms with van der Waals surface area (Å²) < 4.78 is 42.0. The lowest BCUT2D eigenvalue weighted by molar-refractivity contribution is -0.129. The van der Waals surface area contributed by atoms with Gasteiger partial charge in [0.1, 0.15) is 23.7 Å². The van der Waals surface area contributed by atoms with Gasteiger partial charge in [-0.05, 0) is 42.9 Å². The van der Waals surface area contributed by atoms with Gasteiger partial charge in [0, 0.05) is 43.3 Å². The second-order valence-electron chi connectivity index (χ2n) is 12.3. The maximum absolute atomic E-state index is 14.4. The van der Waals surface area contributed by atoms with E-state index in [1.807, 2.05) is 27.0 Å². The average molecular weight is 573 g/mol. The van der Waals surface area contributed by atoms with Crippen LogP contribution in [0, 0.1) is 17.3 Å². The Morgan fingerprint density at radius 3 is 2.46 bits per heavy atom. The van der Waals surface area contributed by atoms with Crippen LogP contribution in [0.4, 0.5) is 19.0 Å². The van der Waals surface area contributed by atoms with Crippen LogP contribution in [0.25, 0.3) is 0 Å². The number of halogens is 3. The van der Waals surface area contributed by atoms with Gasteiger partial charge in [-0.1, -0.05) is 26.8 Å². The fraction of sp³-hybridized carbons (Fsp3) is 0.552. The number of aromatic nitrogens is 2. The number of aliphatic hydroxyl groups is 1. The largest absolute Gasteiger partial charge is 0.388 e. The predicted molar refractivity (Wildman–Crippen MR) is 144 cm³/mol. The highest BCUT2D eigenvalue weighted by Gasteiger charge is 2.47. The third-order valence-corrected chi connectivity index (χ3v) is 7.64. The molecule has 4 rings (SSSR count). The molecule has 1 unspecified atom stereocenters. The lowest BCUT2D eigenvalue weighted by Gasteiger charge is -2.35. The number of alkyl halides is 2. The lowest BCUT2D eigenvalue weighted by Crippen LogP contribution is -2.52. The number of likely N-dealkylation sites (tertiary alicyclic amines) is 1. The highest BCUT2D eigenvalue weighted by molar-refractivity contribution is 6.03. The number of pyridine rings is 2. The molecule has 220 valence electrons. The van der Waals surface area contributed by atoms with Crippen molar-refractivity contribution >= 4 is 17.6 Å². The molecule has 1 aliphatic carbocycles. The Balaban J connectivity index is 1.80. The van der Waals surface area contributed by atoms with E-state index in [-0.39, 0.29) is 42.6 Å². The van der Waals surface area contributed by atoms with Gasteiger partial charge in [-0.25, -0.2) is 18.2 Å². The van der Waals surface area contributed by atoms with Gasteiger partial charge in [0.15, 0.2) is 6.19 Å². The van der Waals surface area contributed by atoms with Gasteiger partial charge < -0.3 is 10.4 Å². The molecule has 1 saturated carbocycles. The molecule has 3 heterocycles. The zero-order valence-corrected chi connectivity index (χ0v) is 23.6. The van der Waals surface area contributed by atoms with E-state index in [0.29, 0.717) is 0 Å². The van der Waals surface area contributed by atoms with Crippen molar-refractivity contribution in [2.45, 2.75) is 94.9 Å². The molecule has 9 nitrogen and oxygen atoms in total. The number of carbonyl (C=O) groups excluding carboxylic acids is 2. The summed E-state index contributed by atoms with van der Waals surface area (Å²) in [6.07, 6.45) is 4.91. The molecule has 0 spiro atoms. The predicted octanol–water partition coefficient (Wildman–Crippen LogP) is 3.99. The minimum atomic E-state index is -2.81. The number of amides is 2. The number of hydrogen-bond donors (Lipinski definition) is 2. The highest BCUT2D eigenvalue weighted by Crippen LogP contribution is 2.36. The fourth-order valence-corrected chi connectivity index (χ4v) is 5.36. The summed E-state index contributed by atoms with van der Waals surface area (Å²) in [5, 5.41) is 23.2. The monoisotopic (exact) mass is 572 g/mol. The molecule has 0 bridgehead atoms. The summed E-state index contributed by atoms with van der Waals surface area (Å²) in [5.41, 5.74) is -0.731. The van der Waals surface area contributed by atoms with Crippen molar-refractivity contribution in [3.8, 4) is 6.19 Å². The van der Waals surface area contributed by atoms with Gasteiger partial charge in [-0.15, -0.1) is 0 Å². The minimum Gasteiger partial charge on any atom is -0.388 e. The normalized spacial score (nSPS) is 23.5. The van der Waals surface area contributed by atoms with E-state index in [9.17, 15) is 33.1 Å². The van der Waals surface area contributed by atoms with E-state index >= 15 is 0 Å². The van der Waals surface area contributed by atoms with Crippen molar-refractivity contribution in [2.24, 2.45) is 0 Å². The third-order valence-electron chi connectivity index (χ3n) is 7.64. The van der Waals surface area contributed by atoms with Crippen LogP contribution in [-0.2, 0) is 15.0 Å². The van der Waals surface area contributed by atoms with E-state index in [4.69, 9.17) is 0 Å². The van der Waals surface area contributed by atoms with Crippen LogP contribution < -0.4 is 10.2 Å². The maximum Gasteiger partial charge on any atom is 0.252 e. The van der Waals surface area contributed by atoms with Crippen LogP contribution in [0.1, 0.15) is 77.0 Å². The first-order chi connectivity index (χ1) is 19.1. The smallest absolute Gasteiger partial charge is 0.252 e. The number of β-amino-alcohol motifs (C(OH)–C–C–N with tert-alkyl or cyclic N) is 1. The van der Waals surface area contributed by atoms with E-state index in [0.717, 1.165) is 27.6 Å². The van der Waals surface area contributed by atoms with E-state index in [1.54, 1.807) is 18.3 Å². The van der Waals surface area contributed by atoms with Crippen LogP contribution in [-0.4, -0.2) is 61.9 Å². The Morgan fingerprint density at radius 1 is 1.22 bits per heavy atom. The lowest BCUT2D eigenvalue weighted by atomic mass is 9.88. The van der Waals surface area contributed by atoms with Crippen LogP contribution in [0.5, 0.6) is 0 Å². The topological polar surface area (TPSA) is 122 Å². The van der Waals surface area contributed by atoms with Gasteiger partial charge in [0.2, 0.25) is 11.8 Å². The molecule has 0 aromatic carbocycles. The van der Waals surface area contributed by atoms with Crippen LogP contribution in [0.2, 0.25) is 0 Å². The molecular weight excluding hydrogens is 537 g/mol. The molecule has 1 saturated heterocycles. The molecule has 41 heavy (non-hydrogen) atoms. The zero-order chi connectivity index (χ0) is 30.2. The van der Waals surface area contributed by atoms with Gasteiger partial charge in [-0.2, -0.15) is 5.26 Å². The van der Waals surface area contributed by atoms with Crippen LogP contribution >= 0.6 is 0 Å². The van der Waals surface area contributed by atoms with Gasteiger partial charge in [0.25, 0.3) is 5.91 Å². The summed E-state index contributed by atoms with van der Waals surface area (Å²) in [6, 6.07) is 1.19. The molecule has 12 heteroatoms. The van der Waals surface area contributed by atoms with E-state index < -0.39 is 60.1 Å². The second kappa shape index (κ2) is 11.3. The molecule has 0 radical (unpaired) electrons. The first-order valence-electron chi connectivity index (χ1n) is 13.6. The number of anilines is 1. The minimum absolute atomic E-state index is 0.0342. The Hall–Kier alpha value is -3.72. The fourth-order valence-electron chi connectivity index (χ4n) is 5.36. The molecular formula is C29H35F3N6O3. The summed E-state index contributed by atoms with van der Waals surface area (Å²) in [7, 11) is 0. The summed E-state index contributed by atoms with van der Waals surface area (Å²) in [4.78, 5) is 38.8. The first-order valence-corrected chi connectivity index (χ1v) is 13.6. The number of hydrogen-bond acceptors (Lipinski definition) is 7. The van der Waals surface area contributed by atoms with Crippen molar-refractivity contribution in [1.29, 1.82) is 5.26 Å². The van der Waals surface area contributed by atoms with Gasteiger partial charge in [-0.3, -0.25) is 24.4 Å². The number of rotatable bonds is 6. The summed E-state index contributed by atoms with van der Waals surface area (Å²) in [6.45, 7) is 7.37. The molecule has 2 aromatic heterocycles. The van der Waals surface area contributed by atoms with Crippen molar-refractivity contribution in [3.63, 3.8) is 0 Å². The molecule has 2 aromatic rings. The highest BCUT2D eigenvalue weighted by atomic mass is 19.3. The van der Waals surface area contributed by atoms with Crippen molar-refractivity contribution in [2.75, 3.05) is 11.4 Å². The van der Waals surface area contributed by atoms with Crippen LogP contribution in [0.15, 0.2) is 36.8 Å². The second-order valence-corrected chi connectivity index (χ2v) is 12.3. The molecule has 2 N–H and O–H groups in total. The zero-order valence-electron chi connectivity index (χ0n) is 23.6. The van der Waals surface area contributed by atoms with Crippen LogP contribution in [0.3, 0.4) is 0 Å². The first kappa shape index (κ1) is 30.2. The van der Waals surface area contributed by atoms with Gasteiger partial charge >= 0.3 is 0 Å². The quantitative estimate of drug-likeness (QED) is 0.502. The number of nitriles is 1. The van der Waals surface area contributed by atoms with E-state index in [1.165, 1.54) is 13.1 Å². The number of nitrogens with one attached hydrogen (secondary N) is 1. The third kappa shape index (κ3) is 6.96. The average Bonchev–Trinajstić information content (AvgIpc) is 3.22. The summed E-state index contributed by atoms with van der Waals surface area (Å²) in [5.74, 6) is -4.93. The molecule has 1 aliphatic heterocycles. The van der Waals surface area contributed by atoms with Crippen molar-refractivity contribution in [1.82, 2.24) is 20.2 Å². The Kier molecular flexibility index (Phi) is 8.32. The van der Waals surface area contributed by atoms with Crippen molar-refractivity contribution < 1.29 is 27.9 Å². The molecule has 3 atom stereocenters. The van der Waals surface area contributed by atoms with E-state index in [2.05, 4.69) is 15.3 Å². The maximum atomic E-state index is 14.4. The van der Waals surface area contributed by atoms with Gasteiger partial charge in [0.05, 0.1) is 18.3 Å².